The Morgan fingerprint density at radius 1 is 1.23 bits per heavy atom. The van der Waals surface area contributed by atoms with Gasteiger partial charge in [-0.2, -0.15) is 0 Å². The zero-order valence-corrected chi connectivity index (χ0v) is 14.4. The van der Waals surface area contributed by atoms with E-state index in [1.807, 2.05) is 12.1 Å². The number of rotatable bonds is 1. The fraction of sp³-hybridized carbons (Fsp3) is 0.353. The zero-order valence-electron chi connectivity index (χ0n) is 12.0. The molecule has 2 aliphatic heterocycles. The van der Waals surface area contributed by atoms with Crippen molar-refractivity contribution in [3.8, 4) is 5.75 Å². The Kier molecular flexibility index (Phi) is 3.57. The van der Waals surface area contributed by atoms with Crippen molar-refractivity contribution in [2.45, 2.75) is 31.6 Å². The van der Waals surface area contributed by atoms with Crippen LogP contribution < -0.4 is 5.32 Å². The first kappa shape index (κ1) is 14.4. The monoisotopic (exact) mass is 377 g/mol. The van der Waals surface area contributed by atoms with E-state index in [-0.39, 0.29) is 17.5 Å². The highest BCUT2D eigenvalue weighted by Gasteiger charge is 2.39. The van der Waals surface area contributed by atoms with Crippen molar-refractivity contribution in [3.63, 3.8) is 0 Å². The fourth-order valence-corrected chi connectivity index (χ4v) is 5.19. The van der Waals surface area contributed by atoms with Crippen LogP contribution in [-0.2, 0) is 4.79 Å². The van der Waals surface area contributed by atoms with Crippen LogP contribution >= 0.6 is 27.7 Å². The first-order valence-electron chi connectivity index (χ1n) is 7.52. The molecule has 0 radical (unpaired) electrons. The molecule has 0 saturated carbocycles. The number of hydrogen-bond donors (Lipinski definition) is 2. The standard InChI is InChI=1S/C17H16BrNO2S/c18-9-4-5-13(20)10(8-9)15-16-11(2-1-3-14(16)21)19-12-6-7-22-17(12)15/h4-5,8,15,19-20H,1-3,6-7H2. The van der Waals surface area contributed by atoms with E-state index in [0.717, 1.165) is 46.3 Å². The number of nitrogens with one attached hydrogen (secondary N) is 1. The number of carbonyl (C=O) groups is 1. The van der Waals surface area contributed by atoms with Crippen molar-refractivity contribution in [3.05, 3.63) is 50.1 Å². The lowest BCUT2D eigenvalue weighted by Crippen LogP contribution is -2.30. The van der Waals surface area contributed by atoms with Gasteiger partial charge in [0.15, 0.2) is 5.78 Å². The van der Waals surface area contributed by atoms with Crippen LogP contribution in [0.2, 0.25) is 0 Å². The number of dihydropyridines is 1. The van der Waals surface area contributed by atoms with Crippen LogP contribution in [0.3, 0.4) is 0 Å². The molecule has 1 aliphatic carbocycles. The lowest BCUT2D eigenvalue weighted by molar-refractivity contribution is -0.116. The van der Waals surface area contributed by atoms with E-state index in [9.17, 15) is 9.90 Å². The predicted octanol–water partition coefficient (Wildman–Crippen LogP) is 4.20. The van der Waals surface area contributed by atoms with Gasteiger partial charge >= 0.3 is 0 Å². The van der Waals surface area contributed by atoms with E-state index in [2.05, 4.69) is 21.2 Å². The number of benzene rings is 1. The SMILES string of the molecule is O=C1CCCC2=C1C(c1cc(Br)ccc1O)C1=C(CCS1)N2. The molecule has 1 unspecified atom stereocenters. The number of phenols is 1. The van der Waals surface area contributed by atoms with Gasteiger partial charge in [0.2, 0.25) is 0 Å². The minimum atomic E-state index is -0.107. The summed E-state index contributed by atoms with van der Waals surface area (Å²) in [5, 5.41) is 13.9. The summed E-state index contributed by atoms with van der Waals surface area (Å²) in [7, 11) is 0. The molecular formula is C17H16BrNO2S. The van der Waals surface area contributed by atoms with Gasteiger partial charge < -0.3 is 10.4 Å². The van der Waals surface area contributed by atoms with E-state index < -0.39 is 0 Å². The summed E-state index contributed by atoms with van der Waals surface area (Å²) in [6.07, 6.45) is 3.46. The lowest BCUT2D eigenvalue weighted by Gasteiger charge is -2.33. The third-order valence-corrected chi connectivity index (χ3v) is 6.21. The average Bonchev–Trinajstić information content (AvgIpc) is 2.96. The van der Waals surface area contributed by atoms with Crippen molar-refractivity contribution in [2.75, 3.05) is 5.75 Å². The van der Waals surface area contributed by atoms with Crippen LogP contribution in [0.5, 0.6) is 5.75 Å². The van der Waals surface area contributed by atoms with Crippen molar-refractivity contribution in [2.24, 2.45) is 0 Å². The van der Waals surface area contributed by atoms with Gasteiger partial charge in [0, 0.05) is 44.1 Å². The van der Waals surface area contributed by atoms with Crippen LogP contribution in [0.1, 0.15) is 37.2 Å². The van der Waals surface area contributed by atoms with Crippen molar-refractivity contribution in [1.82, 2.24) is 5.32 Å². The van der Waals surface area contributed by atoms with Crippen molar-refractivity contribution >= 4 is 33.5 Å². The molecule has 1 aromatic rings. The summed E-state index contributed by atoms with van der Waals surface area (Å²) in [6.45, 7) is 0. The second-order valence-electron chi connectivity index (χ2n) is 5.87. The molecule has 0 aromatic heterocycles. The number of thioether (sulfide) groups is 1. The molecular weight excluding hydrogens is 362 g/mol. The number of carbonyl (C=O) groups excluding carboxylic acids is 1. The quantitative estimate of drug-likeness (QED) is 0.769. The minimum absolute atomic E-state index is 0.107. The van der Waals surface area contributed by atoms with Crippen LogP contribution in [-0.4, -0.2) is 16.6 Å². The summed E-state index contributed by atoms with van der Waals surface area (Å²) >= 11 is 5.29. The molecule has 0 amide bonds. The topological polar surface area (TPSA) is 49.3 Å². The smallest absolute Gasteiger partial charge is 0.161 e. The minimum Gasteiger partial charge on any atom is -0.508 e. The van der Waals surface area contributed by atoms with Crippen LogP contribution in [0.25, 0.3) is 0 Å². The molecule has 1 aromatic carbocycles. The van der Waals surface area contributed by atoms with Gasteiger partial charge in [0.05, 0.1) is 5.92 Å². The molecule has 3 nitrogen and oxygen atoms in total. The fourth-order valence-electron chi connectivity index (χ4n) is 3.55. The largest absolute Gasteiger partial charge is 0.508 e. The van der Waals surface area contributed by atoms with Gasteiger partial charge in [-0.25, -0.2) is 0 Å². The maximum atomic E-state index is 12.6. The molecule has 114 valence electrons. The molecule has 4 rings (SSSR count). The second-order valence-corrected chi connectivity index (χ2v) is 7.92. The van der Waals surface area contributed by atoms with E-state index in [1.54, 1.807) is 17.8 Å². The molecule has 2 heterocycles. The van der Waals surface area contributed by atoms with E-state index in [4.69, 9.17) is 0 Å². The van der Waals surface area contributed by atoms with Gasteiger partial charge in [-0.1, -0.05) is 15.9 Å². The Hall–Kier alpha value is -1.20. The van der Waals surface area contributed by atoms with E-state index in [0.29, 0.717) is 6.42 Å². The summed E-state index contributed by atoms with van der Waals surface area (Å²) in [4.78, 5) is 13.8. The van der Waals surface area contributed by atoms with Gasteiger partial charge in [-0.05, 0) is 37.5 Å². The van der Waals surface area contributed by atoms with Crippen molar-refractivity contribution < 1.29 is 9.90 Å². The Morgan fingerprint density at radius 2 is 2.09 bits per heavy atom. The number of ketones is 1. The predicted molar refractivity (Wildman–Crippen MR) is 91.7 cm³/mol. The summed E-state index contributed by atoms with van der Waals surface area (Å²) in [5.74, 6) is 1.42. The average molecular weight is 378 g/mol. The van der Waals surface area contributed by atoms with Crippen molar-refractivity contribution in [1.29, 1.82) is 0 Å². The first-order valence-corrected chi connectivity index (χ1v) is 9.30. The molecule has 2 N–H and O–H groups in total. The molecule has 1 atom stereocenters. The first-order chi connectivity index (χ1) is 10.6. The van der Waals surface area contributed by atoms with Crippen LogP contribution in [0.15, 0.2) is 44.5 Å². The number of hydrogen-bond acceptors (Lipinski definition) is 4. The van der Waals surface area contributed by atoms with Gasteiger partial charge in [-0.3, -0.25) is 4.79 Å². The molecule has 22 heavy (non-hydrogen) atoms. The Bertz CT molecular complexity index is 738. The maximum absolute atomic E-state index is 12.6. The number of allylic oxidation sites excluding steroid dienone is 4. The number of aromatic hydroxyl groups is 1. The summed E-state index contributed by atoms with van der Waals surface area (Å²) in [5.41, 5.74) is 4.01. The molecule has 0 bridgehead atoms. The normalized spacial score (nSPS) is 24.2. The van der Waals surface area contributed by atoms with Gasteiger partial charge in [-0.15, -0.1) is 11.8 Å². The molecule has 5 heteroatoms. The second kappa shape index (κ2) is 5.46. The van der Waals surface area contributed by atoms with E-state index in [1.165, 1.54) is 10.6 Å². The van der Waals surface area contributed by atoms with Crippen LogP contribution in [0.4, 0.5) is 0 Å². The molecule has 0 saturated heterocycles. The Balaban J connectivity index is 1.92. The molecule has 0 fully saturated rings. The molecule has 0 spiro atoms. The van der Waals surface area contributed by atoms with Gasteiger partial charge in [0.25, 0.3) is 0 Å². The Labute approximate surface area is 142 Å². The number of phenolic OH excluding ortho intramolecular Hbond substituents is 1. The van der Waals surface area contributed by atoms with Crippen LogP contribution in [0, 0.1) is 0 Å². The summed E-state index contributed by atoms with van der Waals surface area (Å²) < 4.78 is 0.925. The highest BCUT2D eigenvalue weighted by atomic mass is 79.9. The molecule has 3 aliphatic rings. The number of Topliss-reactive ketones (excluding diaryl/α,β-unsaturated/α-hetero) is 1. The zero-order chi connectivity index (χ0) is 15.3. The highest BCUT2D eigenvalue weighted by molar-refractivity contribution is 9.10. The number of halogens is 1. The third-order valence-electron chi connectivity index (χ3n) is 4.52. The van der Waals surface area contributed by atoms with E-state index >= 15 is 0 Å². The third kappa shape index (κ3) is 2.22. The lowest BCUT2D eigenvalue weighted by atomic mass is 9.79. The Morgan fingerprint density at radius 3 is 2.95 bits per heavy atom. The van der Waals surface area contributed by atoms with Gasteiger partial charge in [0.1, 0.15) is 5.75 Å². The maximum Gasteiger partial charge on any atom is 0.161 e. The highest BCUT2D eigenvalue weighted by Crippen LogP contribution is 2.51. The summed E-state index contributed by atoms with van der Waals surface area (Å²) in [6, 6.07) is 5.48.